The minimum Gasteiger partial charge on any atom is -0.397 e. The lowest BCUT2D eigenvalue weighted by molar-refractivity contribution is 0.329. The third-order valence-electron chi connectivity index (χ3n) is 3.73. The van der Waals surface area contributed by atoms with Crippen LogP contribution in [0, 0.1) is 0 Å². The quantitative estimate of drug-likeness (QED) is 0.873. The van der Waals surface area contributed by atoms with Crippen LogP contribution in [0.15, 0.2) is 23.1 Å². The van der Waals surface area contributed by atoms with Crippen LogP contribution in [-0.2, 0) is 10.0 Å². The van der Waals surface area contributed by atoms with E-state index in [4.69, 9.17) is 17.3 Å². The molecule has 2 unspecified atom stereocenters. The van der Waals surface area contributed by atoms with Gasteiger partial charge < -0.3 is 5.73 Å². The Morgan fingerprint density at radius 3 is 2.68 bits per heavy atom. The van der Waals surface area contributed by atoms with E-state index in [-0.39, 0.29) is 17.0 Å². The van der Waals surface area contributed by atoms with E-state index >= 15 is 0 Å². The molecule has 1 aromatic rings. The molecule has 1 fully saturated rings. The number of sulfonamides is 1. The molecule has 0 aromatic heterocycles. The summed E-state index contributed by atoms with van der Waals surface area (Å²) in [4.78, 5) is 0.224. The van der Waals surface area contributed by atoms with Crippen molar-refractivity contribution in [2.75, 3.05) is 5.73 Å². The molecule has 2 N–H and O–H groups in total. The summed E-state index contributed by atoms with van der Waals surface area (Å²) in [7, 11) is -3.49. The minimum atomic E-state index is -3.49. The Morgan fingerprint density at radius 2 is 2.11 bits per heavy atom. The number of nitrogens with zero attached hydrogens (tertiary/aromatic N) is 1. The van der Waals surface area contributed by atoms with Gasteiger partial charge in [0.15, 0.2) is 0 Å². The highest BCUT2D eigenvalue weighted by Gasteiger charge is 2.39. The molecule has 2 rings (SSSR count). The van der Waals surface area contributed by atoms with E-state index in [0.29, 0.717) is 10.7 Å². The van der Waals surface area contributed by atoms with Crippen LogP contribution in [0.25, 0.3) is 0 Å². The summed E-state index contributed by atoms with van der Waals surface area (Å²) in [6.45, 7) is 3.97. The van der Waals surface area contributed by atoms with Crippen molar-refractivity contribution in [3.63, 3.8) is 0 Å². The molecule has 4 nitrogen and oxygen atoms in total. The largest absolute Gasteiger partial charge is 0.397 e. The van der Waals surface area contributed by atoms with Crippen molar-refractivity contribution >= 4 is 27.3 Å². The molecule has 2 atom stereocenters. The summed E-state index contributed by atoms with van der Waals surface area (Å²) in [5, 5.41) is 0.375. The predicted molar refractivity (Wildman–Crippen MR) is 77.7 cm³/mol. The van der Waals surface area contributed by atoms with Crippen molar-refractivity contribution in [1.82, 2.24) is 4.31 Å². The Morgan fingerprint density at radius 1 is 1.42 bits per heavy atom. The minimum absolute atomic E-state index is 0.0341. The number of benzene rings is 1. The standard InChI is InChI=1S/C13H19ClN2O2S/c1-3-10-5-4-9(2)16(10)19(17,18)11-6-7-12(14)13(15)8-11/h6-10H,3-5,15H2,1-2H3. The van der Waals surface area contributed by atoms with E-state index < -0.39 is 10.0 Å². The highest BCUT2D eigenvalue weighted by molar-refractivity contribution is 7.89. The van der Waals surface area contributed by atoms with E-state index in [9.17, 15) is 8.42 Å². The summed E-state index contributed by atoms with van der Waals surface area (Å²) >= 11 is 5.84. The molecular weight excluding hydrogens is 284 g/mol. The number of anilines is 1. The van der Waals surface area contributed by atoms with Crippen LogP contribution >= 0.6 is 11.6 Å². The van der Waals surface area contributed by atoms with Gasteiger partial charge >= 0.3 is 0 Å². The molecule has 1 aliphatic rings. The molecule has 19 heavy (non-hydrogen) atoms. The molecule has 0 radical (unpaired) electrons. The van der Waals surface area contributed by atoms with Crippen LogP contribution in [0.5, 0.6) is 0 Å². The number of rotatable bonds is 3. The Labute approximate surface area is 119 Å². The summed E-state index contributed by atoms with van der Waals surface area (Å²) < 4.78 is 27.0. The van der Waals surface area contributed by atoms with Crippen LogP contribution < -0.4 is 5.73 Å². The number of hydrogen-bond donors (Lipinski definition) is 1. The van der Waals surface area contributed by atoms with Gasteiger partial charge in [-0.1, -0.05) is 18.5 Å². The summed E-state index contributed by atoms with van der Waals surface area (Å²) in [6, 6.07) is 4.61. The van der Waals surface area contributed by atoms with Gasteiger partial charge in [-0.15, -0.1) is 0 Å². The average Bonchev–Trinajstić information content (AvgIpc) is 2.74. The van der Waals surface area contributed by atoms with E-state index in [1.807, 2.05) is 13.8 Å². The van der Waals surface area contributed by atoms with Gasteiger partial charge in [-0.05, 0) is 44.4 Å². The highest BCUT2D eigenvalue weighted by Crippen LogP contribution is 2.33. The normalized spacial score (nSPS) is 24.8. The predicted octanol–water partition coefficient (Wildman–Crippen LogP) is 2.87. The van der Waals surface area contributed by atoms with Gasteiger partial charge in [0.25, 0.3) is 0 Å². The number of hydrogen-bond acceptors (Lipinski definition) is 3. The van der Waals surface area contributed by atoms with E-state index in [1.54, 1.807) is 4.31 Å². The number of nitrogen functional groups attached to an aromatic ring is 1. The van der Waals surface area contributed by atoms with E-state index in [2.05, 4.69) is 0 Å². The van der Waals surface area contributed by atoms with Gasteiger partial charge in [0.05, 0.1) is 15.6 Å². The van der Waals surface area contributed by atoms with Gasteiger partial charge in [0.1, 0.15) is 0 Å². The SMILES string of the molecule is CCC1CCC(C)N1S(=O)(=O)c1ccc(Cl)c(N)c1. The lowest BCUT2D eigenvalue weighted by atomic mass is 10.2. The highest BCUT2D eigenvalue weighted by atomic mass is 35.5. The Kier molecular flexibility index (Phi) is 4.08. The molecule has 6 heteroatoms. The second-order valence-electron chi connectivity index (χ2n) is 5.01. The third-order valence-corrected chi connectivity index (χ3v) is 6.13. The van der Waals surface area contributed by atoms with Crippen molar-refractivity contribution in [2.24, 2.45) is 0 Å². The van der Waals surface area contributed by atoms with Crippen molar-refractivity contribution < 1.29 is 8.42 Å². The fraction of sp³-hybridized carbons (Fsp3) is 0.538. The first-order valence-corrected chi connectivity index (χ1v) is 8.28. The molecule has 0 bridgehead atoms. The Hall–Kier alpha value is -0.780. The first-order chi connectivity index (χ1) is 8.87. The molecule has 0 spiro atoms. The van der Waals surface area contributed by atoms with Crippen LogP contribution in [0.4, 0.5) is 5.69 Å². The van der Waals surface area contributed by atoms with Gasteiger partial charge in [0, 0.05) is 12.1 Å². The Bertz CT molecular complexity index is 574. The molecular formula is C13H19ClN2O2S. The molecule has 106 valence electrons. The first kappa shape index (κ1) is 14.6. The summed E-state index contributed by atoms with van der Waals surface area (Å²) in [5.41, 5.74) is 6.00. The molecule has 0 amide bonds. The monoisotopic (exact) mass is 302 g/mol. The lowest BCUT2D eigenvalue weighted by Crippen LogP contribution is -2.39. The molecule has 0 aliphatic carbocycles. The molecule has 1 aliphatic heterocycles. The van der Waals surface area contributed by atoms with E-state index in [0.717, 1.165) is 19.3 Å². The van der Waals surface area contributed by atoms with Crippen molar-refractivity contribution in [3.05, 3.63) is 23.2 Å². The van der Waals surface area contributed by atoms with Gasteiger partial charge in [-0.3, -0.25) is 0 Å². The maximum atomic E-state index is 12.7. The fourth-order valence-corrected chi connectivity index (χ4v) is 4.77. The van der Waals surface area contributed by atoms with Crippen molar-refractivity contribution in [3.8, 4) is 0 Å². The van der Waals surface area contributed by atoms with E-state index in [1.165, 1.54) is 18.2 Å². The Balaban J connectivity index is 2.43. The first-order valence-electron chi connectivity index (χ1n) is 6.46. The molecule has 1 heterocycles. The fourth-order valence-electron chi connectivity index (χ4n) is 2.67. The smallest absolute Gasteiger partial charge is 0.243 e. The lowest BCUT2D eigenvalue weighted by Gasteiger charge is -2.27. The van der Waals surface area contributed by atoms with Crippen molar-refractivity contribution in [2.45, 2.75) is 50.1 Å². The third kappa shape index (κ3) is 2.59. The van der Waals surface area contributed by atoms with Crippen LogP contribution in [-0.4, -0.2) is 24.8 Å². The zero-order valence-electron chi connectivity index (χ0n) is 11.1. The average molecular weight is 303 g/mol. The summed E-state index contributed by atoms with van der Waals surface area (Å²) in [6.07, 6.45) is 2.65. The zero-order chi connectivity index (χ0) is 14.2. The van der Waals surface area contributed by atoms with Crippen molar-refractivity contribution in [1.29, 1.82) is 0 Å². The van der Waals surface area contributed by atoms with Crippen LogP contribution in [0.1, 0.15) is 33.1 Å². The second-order valence-corrected chi connectivity index (χ2v) is 7.26. The zero-order valence-corrected chi connectivity index (χ0v) is 12.7. The van der Waals surface area contributed by atoms with Crippen LogP contribution in [0.2, 0.25) is 5.02 Å². The van der Waals surface area contributed by atoms with Gasteiger partial charge in [-0.25, -0.2) is 8.42 Å². The maximum Gasteiger partial charge on any atom is 0.243 e. The molecule has 1 aromatic carbocycles. The van der Waals surface area contributed by atoms with Gasteiger partial charge in [-0.2, -0.15) is 4.31 Å². The number of nitrogens with two attached hydrogens (primary N) is 1. The topological polar surface area (TPSA) is 63.4 Å². The van der Waals surface area contributed by atoms with Crippen LogP contribution in [0.3, 0.4) is 0 Å². The maximum absolute atomic E-state index is 12.7. The summed E-state index contributed by atoms with van der Waals surface area (Å²) in [5.74, 6) is 0. The number of halogens is 1. The molecule has 1 saturated heterocycles. The van der Waals surface area contributed by atoms with Gasteiger partial charge in [0.2, 0.25) is 10.0 Å². The second kappa shape index (κ2) is 5.31. The molecule has 0 saturated carbocycles.